The number of amides is 1. The maximum atomic E-state index is 12.8. The van der Waals surface area contributed by atoms with Crippen molar-refractivity contribution in [3.8, 4) is 0 Å². The maximum Gasteiger partial charge on any atom is 0.341 e. The highest BCUT2D eigenvalue weighted by atomic mass is 32.2. The molecule has 9 heteroatoms. The number of carbonyl (C=O) groups is 2. The fourth-order valence-corrected chi connectivity index (χ4v) is 7.29. The summed E-state index contributed by atoms with van der Waals surface area (Å²) in [5, 5.41) is 13.2. The van der Waals surface area contributed by atoms with Gasteiger partial charge in [0.15, 0.2) is 5.16 Å². The lowest BCUT2D eigenvalue weighted by Crippen LogP contribution is -2.17. The molecule has 0 aliphatic heterocycles. The Balaban J connectivity index is 1.38. The van der Waals surface area contributed by atoms with E-state index >= 15 is 0 Å². The van der Waals surface area contributed by atoms with E-state index in [-0.39, 0.29) is 17.6 Å². The van der Waals surface area contributed by atoms with Gasteiger partial charge in [-0.1, -0.05) is 50.3 Å². The molecule has 0 unspecified atom stereocenters. The lowest BCUT2D eigenvalue weighted by atomic mass is 9.86. The molecule has 34 heavy (non-hydrogen) atoms. The minimum Gasteiger partial charge on any atom is -0.465 e. The number of aromatic nitrogens is 3. The van der Waals surface area contributed by atoms with Crippen LogP contribution in [0, 0.1) is 5.92 Å². The average molecular weight is 505 g/mol. The highest BCUT2D eigenvalue weighted by Gasteiger charge is 2.26. The van der Waals surface area contributed by atoms with Gasteiger partial charge in [-0.3, -0.25) is 4.79 Å². The van der Waals surface area contributed by atoms with Crippen molar-refractivity contribution >= 4 is 40.0 Å². The van der Waals surface area contributed by atoms with Crippen LogP contribution < -0.4 is 5.32 Å². The number of carbonyl (C=O) groups excluding carboxylic acids is 2. The van der Waals surface area contributed by atoms with Gasteiger partial charge in [-0.25, -0.2) is 4.79 Å². The van der Waals surface area contributed by atoms with Gasteiger partial charge in [0.25, 0.3) is 0 Å². The minimum absolute atomic E-state index is 0.138. The van der Waals surface area contributed by atoms with Crippen LogP contribution in [0.2, 0.25) is 0 Å². The van der Waals surface area contributed by atoms with Crippen molar-refractivity contribution < 1.29 is 14.3 Å². The Kier molecular flexibility index (Phi) is 9.05. The molecule has 2 aliphatic rings. The number of rotatable bonds is 9. The zero-order valence-corrected chi connectivity index (χ0v) is 22.0. The lowest BCUT2D eigenvalue weighted by molar-refractivity contribution is -0.113. The average Bonchev–Trinajstić information content (AvgIpc) is 3.33. The van der Waals surface area contributed by atoms with Gasteiger partial charge in [-0.2, -0.15) is 0 Å². The summed E-state index contributed by atoms with van der Waals surface area (Å²) in [6, 6.07) is 0. The summed E-state index contributed by atoms with van der Waals surface area (Å²) in [5.41, 5.74) is 1.61. The Morgan fingerprint density at radius 1 is 1.12 bits per heavy atom. The standard InChI is InChI=1S/C25H36N4O3S2/c1-3-29-20(15-14-17-10-6-4-7-11-17)27-28-25(29)33-16-21(30)26-23-22(24(31)32-2)18-12-8-5-9-13-19(18)34-23/h17H,3-16H2,1-2H3,(H,26,30). The zero-order valence-electron chi connectivity index (χ0n) is 20.4. The summed E-state index contributed by atoms with van der Waals surface area (Å²) in [6.45, 7) is 2.89. The van der Waals surface area contributed by atoms with Crippen LogP contribution in [0.3, 0.4) is 0 Å². The number of esters is 1. The van der Waals surface area contributed by atoms with Gasteiger partial charge in [0, 0.05) is 17.8 Å². The molecule has 0 radical (unpaired) electrons. The molecule has 7 nitrogen and oxygen atoms in total. The van der Waals surface area contributed by atoms with Crippen molar-refractivity contribution in [1.82, 2.24) is 14.8 Å². The van der Waals surface area contributed by atoms with Gasteiger partial charge >= 0.3 is 5.97 Å². The molecule has 0 bridgehead atoms. The van der Waals surface area contributed by atoms with Gasteiger partial charge in [0.2, 0.25) is 5.91 Å². The van der Waals surface area contributed by atoms with Crippen molar-refractivity contribution in [3.63, 3.8) is 0 Å². The quantitative estimate of drug-likeness (QED) is 0.269. The highest BCUT2D eigenvalue weighted by molar-refractivity contribution is 7.99. The Morgan fingerprint density at radius 2 is 1.88 bits per heavy atom. The van der Waals surface area contributed by atoms with Crippen LogP contribution in [0.4, 0.5) is 5.00 Å². The van der Waals surface area contributed by atoms with Gasteiger partial charge in [-0.15, -0.1) is 21.5 Å². The zero-order chi connectivity index (χ0) is 23.9. The second kappa shape index (κ2) is 12.2. The maximum absolute atomic E-state index is 12.8. The number of hydrogen-bond donors (Lipinski definition) is 1. The van der Waals surface area contributed by atoms with Gasteiger partial charge < -0.3 is 14.6 Å². The van der Waals surface area contributed by atoms with E-state index in [0.29, 0.717) is 10.6 Å². The van der Waals surface area contributed by atoms with Crippen molar-refractivity contribution in [2.75, 3.05) is 18.2 Å². The van der Waals surface area contributed by atoms with Crippen molar-refractivity contribution in [2.24, 2.45) is 5.92 Å². The Morgan fingerprint density at radius 3 is 2.65 bits per heavy atom. The number of hydrogen-bond acceptors (Lipinski definition) is 7. The third-order valence-corrected chi connectivity index (χ3v) is 9.18. The number of methoxy groups -OCH3 is 1. The van der Waals surface area contributed by atoms with Crippen LogP contribution in [0.5, 0.6) is 0 Å². The number of nitrogens with zero attached hydrogens (tertiary/aromatic N) is 3. The monoisotopic (exact) mass is 504 g/mol. The first-order valence-corrected chi connectivity index (χ1v) is 14.5. The Labute approximate surface area is 210 Å². The molecular formula is C25H36N4O3S2. The topological polar surface area (TPSA) is 86.1 Å². The molecule has 2 heterocycles. The summed E-state index contributed by atoms with van der Waals surface area (Å²) in [4.78, 5) is 26.5. The number of anilines is 1. The molecule has 1 saturated carbocycles. The van der Waals surface area contributed by atoms with Crippen molar-refractivity contribution in [1.29, 1.82) is 0 Å². The smallest absolute Gasteiger partial charge is 0.341 e. The van der Waals surface area contributed by atoms with Crippen LogP contribution in [-0.2, 0) is 35.3 Å². The molecule has 0 spiro atoms. The van der Waals surface area contributed by atoms with Crippen molar-refractivity contribution in [2.45, 2.75) is 95.7 Å². The predicted molar refractivity (Wildman–Crippen MR) is 137 cm³/mol. The number of nitrogens with one attached hydrogen (secondary N) is 1. The van der Waals surface area contributed by atoms with Crippen LogP contribution in [0.15, 0.2) is 5.16 Å². The number of aryl methyl sites for hydroxylation is 2. The van der Waals surface area contributed by atoms with E-state index in [1.54, 1.807) is 0 Å². The molecule has 1 fully saturated rings. The number of ether oxygens (including phenoxy) is 1. The third-order valence-electron chi connectivity index (χ3n) is 7.01. The Bertz CT molecular complexity index is 995. The first-order chi connectivity index (χ1) is 16.6. The molecule has 0 saturated heterocycles. The van der Waals surface area contributed by atoms with Crippen LogP contribution in [0.25, 0.3) is 0 Å². The van der Waals surface area contributed by atoms with E-state index in [9.17, 15) is 9.59 Å². The summed E-state index contributed by atoms with van der Waals surface area (Å²) in [7, 11) is 1.40. The molecule has 0 aromatic carbocycles. The van der Waals surface area contributed by atoms with Gasteiger partial charge in [0.05, 0.1) is 18.4 Å². The molecular weight excluding hydrogens is 468 g/mol. The summed E-state index contributed by atoms with van der Waals surface area (Å²) < 4.78 is 7.18. The fraction of sp³-hybridized carbons (Fsp3) is 0.680. The first-order valence-electron chi connectivity index (χ1n) is 12.7. The molecule has 2 aromatic heterocycles. The lowest BCUT2D eigenvalue weighted by Gasteiger charge is -2.21. The fourth-order valence-electron chi connectivity index (χ4n) is 5.18. The number of thioether (sulfide) groups is 1. The summed E-state index contributed by atoms with van der Waals surface area (Å²) in [5.74, 6) is 1.55. The highest BCUT2D eigenvalue weighted by Crippen LogP contribution is 2.38. The number of fused-ring (bicyclic) bond motifs is 1. The van der Waals surface area contributed by atoms with Crippen LogP contribution >= 0.6 is 23.1 Å². The third kappa shape index (κ3) is 6.03. The molecule has 4 rings (SSSR count). The van der Waals surface area contributed by atoms with E-state index in [1.807, 2.05) is 0 Å². The molecule has 1 amide bonds. The molecule has 2 aromatic rings. The van der Waals surface area contributed by atoms with Crippen LogP contribution in [-0.4, -0.2) is 39.5 Å². The molecule has 186 valence electrons. The molecule has 1 N–H and O–H groups in total. The van der Waals surface area contributed by atoms with E-state index in [1.165, 1.54) is 80.0 Å². The van der Waals surface area contributed by atoms with Gasteiger partial charge in [0.1, 0.15) is 10.8 Å². The Hall–Kier alpha value is -1.87. The predicted octanol–water partition coefficient (Wildman–Crippen LogP) is 5.66. The van der Waals surface area contributed by atoms with E-state index < -0.39 is 0 Å². The second-order valence-electron chi connectivity index (χ2n) is 9.28. The van der Waals surface area contributed by atoms with Crippen molar-refractivity contribution in [3.05, 3.63) is 21.8 Å². The second-order valence-corrected chi connectivity index (χ2v) is 11.3. The number of thiophene rings is 1. The molecule has 2 aliphatic carbocycles. The summed E-state index contributed by atoms with van der Waals surface area (Å²) >= 11 is 2.93. The molecule has 0 atom stereocenters. The van der Waals surface area contributed by atoms with Crippen LogP contribution in [0.1, 0.15) is 91.3 Å². The van der Waals surface area contributed by atoms with Gasteiger partial charge in [-0.05, 0) is 50.5 Å². The van der Waals surface area contributed by atoms with E-state index in [4.69, 9.17) is 4.74 Å². The minimum atomic E-state index is -0.365. The van der Waals surface area contributed by atoms with E-state index in [0.717, 1.165) is 61.1 Å². The summed E-state index contributed by atoms with van der Waals surface area (Å²) in [6.07, 6.45) is 14.0. The SMILES string of the molecule is CCn1c(CCC2CCCCC2)nnc1SCC(=O)Nc1sc2c(c1C(=O)OC)CCCCC2. The normalized spacial score (nSPS) is 16.6. The largest absolute Gasteiger partial charge is 0.465 e. The first kappa shape index (κ1) is 25.2. The van der Waals surface area contributed by atoms with E-state index in [2.05, 4.69) is 27.0 Å².